The zero-order chi connectivity index (χ0) is 26.8. The lowest BCUT2D eigenvalue weighted by Crippen LogP contribution is -2.45. The van der Waals surface area contributed by atoms with Gasteiger partial charge < -0.3 is 24.3 Å². The van der Waals surface area contributed by atoms with Crippen LogP contribution in [-0.2, 0) is 14.3 Å². The zero-order valence-electron chi connectivity index (χ0n) is 21.4. The van der Waals surface area contributed by atoms with E-state index in [1.54, 1.807) is 31.2 Å². The van der Waals surface area contributed by atoms with Crippen LogP contribution in [0, 0.1) is 5.92 Å². The van der Waals surface area contributed by atoms with Crippen LogP contribution >= 0.6 is 11.6 Å². The Hall–Kier alpha value is -3.33. The molecule has 0 saturated carbocycles. The summed E-state index contributed by atoms with van der Waals surface area (Å²) in [7, 11) is 1.37. The van der Waals surface area contributed by atoms with Crippen LogP contribution in [0.25, 0.3) is 0 Å². The van der Waals surface area contributed by atoms with E-state index in [4.69, 9.17) is 30.5 Å². The van der Waals surface area contributed by atoms with Gasteiger partial charge in [-0.3, -0.25) is 9.59 Å². The van der Waals surface area contributed by atoms with Crippen molar-refractivity contribution in [2.45, 2.75) is 65.7 Å². The topological polar surface area (TPSA) is 113 Å². The third kappa shape index (κ3) is 7.84. The van der Waals surface area contributed by atoms with Gasteiger partial charge in [-0.2, -0.15) is 0 Å². The number of halogens is 1. The maximum atomic E-state index is 12.9. The second kappa shape index (κ2) is 13.7. The van der Waals surface area contributed by atoms with Crippen LogP contribution in [0.5, 0.6) is 17.2 Å². The van der Waals surface area contributed by atoms with Gasteiger partial charge in [0, 0.05) is 24.2 Å². The first-order chi connectivity index (χ1) is 17.1. The molecule has 36 heavy (non-hydrogen) atoms. The first-order valence-electron chi connectivity index (χ1n) is 11.8. The van der Waals surface area contributed by atoms with Gasteiger partial charge in [-0.25, -0.2) is 9.78 Å². The number of aromatic nitrogens is 1. The molecule has 0 radical (unpaired) electrons. The van der Waals surface area contributed by atoms with E-state index in [1.165, 1.54) is 33.2 Å². The molecular formula is C26H33ClN2O7. The van der Waals surface area contributed by atoms with Gasteiger partial charge in [-0.1, -0.05) is 25.4 Å². The fraction of sp³-hybridized carbons (Fsp3) is 0.462. The molecule has 1 heterocycles. The maximum absolute atomic E-state index is 12.9. The first-order valence-corrected chi connectivity index (χ1v) is 12.1. The minimum Gasteiger partial charge on any atom is -0.493 e. The molecule has 0 unspecified atom stereocenters. The number of ether oxygens (including phenoxy) is 4. The van der Waals surface area contributed by atoms with Gasteiger partial charge in [-0.15, -0.1) is 0 Å². The van der Waals surface area contributed by atoms with Crippen molar-refractivity contribution in [3.63, 3.8) is 0 Å². The summed E-state index contributed by atoms with van der Waals surface area (Å²) < 4.78 is 22.2. The number of nitrogens with one attached hydrogen (secondary N) is 1. The summed E-state index contributed by atoms with van der Waals surface area (Å²) in [5.41, 5.74) is -0.196. The quantitative estimate of drug-likeness (QED) is 0.404. The van der Waals surface area contributed by atoms with Crippen molar-refractivity contribution >= 4 is 29.4 Å². The number of esters is 2. The van der Waals surface area contributed by atoms with Crippen molar-refractivity contribution in [1.82, 2.24) is 10.3 Å². The van der Waals surface area contributed by atoms with E-state index < -0.39 is 36.1 Å². The lowest BCUT2D eigenvalue weighted by Gasteiger charge is -2.31. The highest BCUT2D eigenvalue weighted by Gasteiger charge is 2.32. The summed E-state index contributed by atoms with van der Waals surface area (Å²) in [5.74, 6) is -1.27. The largest absolute Gasteiger partial charge is 0.493 e. The van der Waals surface area contributed by atoms with Crippen LogP contribution in [0.15, 0.2) is 36.5 Å². The smallest absolute Gasteiger partial charge is 0.328 e. The lowest BCUT2D eigenvalue weighted by atomic mass is 9.93. The molecule has 0 aliphatic carbocycles. The first kappa shape index (κ1) is 28.9. The molecule has 0 aliphatic rings. The number of carbonyl (C=O) groups excluding carboxylic acids is 3. The number of pyridine rings is 1. The molecule has 0 bridgehead atoms. The number of hydrogen-bond donors (Lipinski definition) is 1. The molecule has 0 spiro atoms. The number of hydrogen-bond acceptors (Lipinski definition) is 8. The van der Waals surface area contributed by atoms with Crippen LogP contribution in [0.2, 0.25) is 5.02 Å². The monoisotopic (exact) mass is 520 g/mol. The molecule has 1 N–H and O–H groups in total. The van der Waals surface area contributed by atoms with Crippen LogP contribution < -0.4 is 19.5 Å². The van der Waals surface area contributed by atoms with E-state index in [1.807, 2.05) is 13.8 Å². The van der Waals surface area contributed by atoms with Crippen molar-refractivity contribution in [2.75, 3.05) is 7.11 Å². The summed E-state index contributed by atoms with van der Waals surface area (Å²) >= 11 is 5.97. The molecule has 10 heteroatoms. The van der Waals surface area contributed by atoms with Crippen molar-refractivity contribution in [1.29, 1.82) is 0 Å². The Kier molecular flexibility index (Phi) is 11.0. The van der Waals surface area contributed by atoms with Crippen LogP contribution in [-0.4, -0.2) is 48.2 Å². The van der Waals surface area contributed by atoms with Gasteiger partial charge in [0.25, 0.3) is 5.91 Å². The minimum absolute atomic E-state index is 0.126. The number of nitrogens with zero attached hydrogens (tertiary/aromatic N) is 1. The predicted octanol–water partition coefficient (Wildman–Crippen LogP) is 4.60. The van der Waals surface area contributed by atoms with Crippen molar-refractivity contribution in [3.05, 3.63) is 47.2 Å². The number of rotatable bonds is 12. The standard InChI is InChI=1S/C26H33ClN2O7/c1-7-18(8-2)23(36-20-11-9-19(27)10-12-20)16(4)34-26(32)15(3)29-25(31)22-24(35-17(5)30)21(33-6)13-14-28-22/h9-16,18,23H,7-8H2,1-6H3,(H,29,31)/t15-,16-,23+/m0/s1. The molecule has 0 fully saturated rings. The second-order valence-electron chi connectivity index (χ2n) is 8.23. The lowest BCUT2D eigenvalue weighted by molar-refractivity contribution is -0.156. The summed E-state index contributed by atoms with van der Waals surface area (Å²) in [6.07, 6.45) is 1.96. The maximum Gasteiger partial charge on any atom is 0.328 e. The minimum atomic E-state index is -1.02. The van der Waals surface area contributed by atoms with Crippen LogP contribution in [0.3, 0.4) is 0 Å². The molecule has 1 aromatic carbocycles. The summed E-state index contributed by atoms with van der Waals surface area (Å²) in [6.45, 7) is 8.54. The molecule has 1 aromatic heterocycles. The van der Waals surface area contributed by atoms with E-state index in [0.717, 1.165) is 12.8 Å². The predicted molar refractivity (Wildman–Crippen MR) is 135 cm³/mol. The molecule has 3 atom stereocenters. The van der Waals surface area contributed by atoms with Crippen molar-refractivity contribution in [2.24, 2.45) is 5.92 Å². The number of amides is 1. The molecule has 2 rings (SSSR count). The molecule has 196 valence electrons. The third-order valence-electron chi connectivity index (χ3n) is 5.61. The highest BCUT2D eigenvalue weighted by Crippen LogP contribution is 2.30. The Balaban J connectivity index is 2.13. The molecular weight excluding hydrogens is 488 g/mol. The van der Waals surface area contributed by atoms with Gasteiger partial charge in [0.1, 0.15) is 24.0 Å². The third-order valence-corrected chi connectivity index (χ3v) is 5.87. The van der Waals surface area contributed by atoms with Crippen molar-refractivity contribution in [3.8, 4) is 17.2 Å². The Morgan fingerprint density at radius 3 is 2.25 bits per heavy atom. The average Bonchev–Trinajstić information content (AvgIpc) is 2.84. The van der Waals surface area contributed by atoms with Gasteiger partial charge >= 0.3 is 11.9 Å². The number of methoxy groups -OCH3 is 1. The molecule has 0 saturated heterocycles. The van der Waals surface area contributed by atoms with Gasteiger partial charge in [-0.05, 0) is 56.9 Å². The van der Waals surface area contributed by atoms with E-state index in [2.05, 4.69) is 10.3 Å². The fourth-order valence-electron chi connectivity index (χ4n) is 3.67. The zero-order valence-corrected chi connectivity index (χ0v) is 22.1. The van der Waals surface area contributed by atoms with Crippen molar-refractivity contribution < 1.29 is 33.3 Å². The van der Waals surface area contributed by atoms with Gasteiger partial charge in [0.15, 0.2) is 11.4 Å². The van der Waals surface area contributed by atoms with E-state index in [0.29, 0.717) is 10.8 Å². The Bertz CT molecular complexity index is 1040. The highest BCUT2D eigenvalue weighted by molar-refractivity contribution is 6.30. The van der Waals surface area contributed by atoms with Gasteiger partial charge in [0.2, 0.25) is 5.75 Å². The summed E-state index contributed by atoms with van der Waals surface area (Å²) in [4.78, 5) is 41.2. The van der Waals surface area contributed by atoms with Crippen LogP contribution in [0.4, 0.5) is 0 Å². The molecule has 2 aromatic rings. The Morgan fingerprint density at radius 2 is 1.69 bits per heavy atom. The van der Waals surface area contributed by atoms with Crippen LogP contribution in [0.1, 0.15) is 57.9 Å². The molecule has 1 amide bonds. The number of carbonyl (C=O) groups is 3. The highest BCUT2D eigenvalue weighted by atomic mass is 35.5. The fourth-order valence-corrected chi connectivity index (χ4v) is 3.80. The number of benzene rings is 1. The molecule has 9 nitrogen and oxygen atoms in total. The van der Waals surface area contributed by atoms with Gasteiger partial charge in [0.05, 0.1) is 7.11 Å². The Morgan fingerprint density at radius 1 is 1.06 bits per heavy atom. The van der Waals surface area contributed by atoms with E-state index >= 15 is 0 Å². The van der Waals surface area contributed by atoms with E-state index in [9.17, 15) is 14.4 Å². The van der Waals surface area contributed by atoms with E-state index in [-0.39, 0.29) is 23.1 Å². The molecule has 0 aliphatic heterocycles. The average molecular weight is 521 g/mol. The normalized spacial score (nSPS) is 13.3. The second-order valence-corrected chi connectivity index (χ2v) is 8.67. The SMILES string of the molecule is CCC(CC)[C@H](Oc1ccc(Cl)cc1)[C@H](C)OC(=O)[C@H](C)NC(=O)c1nccc(OC)c1OC(C)=O. The Labute approximate surface area is 216 Å². The summed E-state index contributed by atoms with van der Waals surface area (Å²) in [5, 5.41) is 3.13. The summed E-state index contributed by atoms with van der Waals surface area (Å²) in [6, 6.07) is 7.41.